The van der Waals surface area contributed by atoms with Crippen LogP contribution in [-0.2, 0) is 0 Å². The number of hydrogen-bond donors (Lipinski definition) is 0. The Labute approximate surface area is 138 Å². The van der Waals surface area contributed by atoms with Gasteiger partial charge in [-0.05, 0) is 0 Å². The zero-order valence-corrected chi connectivity index (χ0v) is 14.2. The van der Waals surface area contributed by atoms with Gasteiger partial charge in [-0.25, -0.2) is 0 Å². The van der Waals surface area contributed by atoms with Crippen molar-refractivity contribution in [1.29, 1.82) is 0 Å². The minimum Gasteiger partial charge on any atom is -1.00 e. The van der Waals surface area contributed by atoms with E-state index in [0.29, 0.717) is 0 Å². The van der Waals surface area contributed by atoms with Crippen molar-refractivity contribution < 1.29 is 29.4 Å². The maximum Gasteiger partial charge on any atom is 2.00 e. The van der Waals surface area contributed by atoms with Crippen molar-refractivity contribution in [2.75, 3.05) is 0 Å². The van der Waals surface area contributed by atoms with Gasteiger partial charge in [0.2, 0.25) is 0 Å². The number of rotatable bonds is 0. The van der Waals surface area contributed by atoms with Crippen LogP contribution < -0.4 is 29.4 Å². The van der Waals surface area contributed by atoms with Crippen molar-refractivity contribution >= 4 is 46.1 Å². The molecule has 2 saturated carbocycles. The van der Waals surface area contributed by atoms with Gasteiger partial charge >= 0.3 is 46.1 Å². The van der Waals surface area contributed by atoms with Crippen LogP contribution in [0.2, 0.25) is 0 Å². The fraction of sp³-hybridized carbons (Fsp3) is 0.800. The minimum absolute atomic E-state index is 0. The maximum absolute atomic E-state index is 2.36. The Morgan fingerprint density at radius 1 is 0.571 bits per heavy atom. The fourth-order valence-corrected chi connectivity index (χ4v) is 1.44. The smallest absolute Gasteiger partial charge is 1.00 e. The SMILES string of the molecule is [Br-].[CH-]1CCCC1.[CH-]1CCCC1.[Cl-].[Mg+2].[Mg+2]. The predicted octanol–water partition coefficient (Wildman–Crippen LogP) is -3.22. The van der Waals surface area contributed by atoms with E-state index in [1.165, 1.54) is 51.4 Å². The van der Waals surface area contributed by atoms with Crippen molar-refractivity contribution in [1.82, 2.24) is 0 Å². The van der Waals surface area contributed by atoms with Gasteiger partial charge in [0.25, 0.3) is 0 Å². The van der Waals surface area contributed by atoms with Crippen LogP contribution in [0.1, 0.15) is 51.4 Å². The fourth-order valence-electron chi connectivity index (χ4n) is 1.44. The third-order valence-electron chi connectivity index (χ3n) is 2.13. The summed E-state index contributed by atoms with van der Waals surface area (Å²) in [6, 6.07) is 0. The Kier molecular flexibility index (Phi) is 37.3. The summed E-state index contributed by atoms with van der Waals surface area (Å²) in [7, 11) is 0. The van der Waals surface area contributed by atoms with Gasteiger partial charge in [0, 0.05) is 0 Å². The van der Waals surface area contributed by atoms with Crippen molar-refractivity contribution in [3.05, 3.63) is 12.8 Å². The summed E-state index contributed by atoms with van der Waals surface area (Å²) in [5.41, 5.74) is 0. The molecule has 0 bridgehead atoms. The van der Waals surface area contributed by atoms with Crippen LogP contribution in [0.25, 0.3) is 0 Å². The first-order chi connectivity index (χ1) is 5.00. The van der Waals surface area contributed by atoms with Gasteiger partial charge in [0.05, 0.1) is 0 Å². The van der Waals surface area contributed by atoms with E-state index < -0.39 is 0 Å². The van der Waals surface area contributed by atoms with Crippen LogP contribution in [0.4, 0.5) is 0 Å². The second-order valence-electron chi connectivity index (χ2n) is 3.15. The molecule has 0 spiro atoms. The maximum atomic E-state index is 2.36. The van der Waals surface area contributed by atoms with E-state index in [-0.39, 0.29) is 75.5 Å². The molecule has 0 unspecified atom stereocenters. The molecule has 14 heavy (non-hydrogen) atoms. The second kappa shape index (κ2) is 20.7. The molecule has 0 N–H and O–H groups in total. The predicted molar refractivity (Wildman–Crippen MR) is 57.0 cm³/mol. The molecule has 0 atom stereocenters. The van der Waals surface area contributed by atoms with E-state index in [1.807, 2.05) is 0 Å². The average Bonchev–Trinajstić information content (AvgIpc) is 2.67. The van der Waals surface area contributed by atoms with Crippen LogP contribution >= 0.6 is 0 Å². The third-order valence-corrected chi connectivity index (χ3v) is 2.13. The summed E-state index contributed by atoms with van der Waals surface area (Å²) in [5.74, 6) is 0. The summed E-state index contributed by atoms with van der Waals surface area (Å²) >= 11 is 0. The molecule has 0 saturated heterocycles. The zero-order valence-electron chi connectivity index (χ0n) is 8.98. The van der Waals surface area contributed by atoms with E-state index in [4.69, 9.17) is 0 Å². The topological polar surface area (TPSA) is 0 Å². The average molecular weight is 302 g/mol. The summed E-state index contributed by atoms with van der Waals surface area (Å²) in [6.45, 7) is 0. The zero-order chi connectivity index (χ0) is 7.07. The molecule has 0 nitrogen and oxygen atoms in total. The van der Waals surface area contributed by atoms with E-state index in [2.05, 4.69) is 12.8 Å². The first-order valence-electron chi connectivity index (χ1n) is 4.63. The van der Waals surface area contributed by atoms with E-state index >= 15 is 0 Å². The quantitative estimate of drug-likeness (QED) is 0.326. The van der Waals surface area contributed by atoms with E-state index in [0.717, 1.165) is 0 Å². The largest absolute Gasteiger partial charge is 2.00 e. The molecule has 4 heteroatoms. The van der Waals surface area contributed by atoms with Crippen LogP contribution in [0.15, 0.2) is 0 Å². The van der Waals surface area contributed by atoms with Crippen molar-refractivity contribution in [2.24, 2.45) is 0 Å². The standard InChI is InChI=1S/2C5H9.BrH.ClH.2Mg/c2*1-2-4-5-3-1;;;;/h2*1H,2-5H2;2*1H;;/q2*-1;;;2*+2/p-2. The molecule has 2 fully saturated rings. The Hall–Kier alpha value is 2.30. The van der Waals surface area contributed by atoms with Crippen molar-refractivity contribution in [2.45, 2.75) is 51.4 Å². The molecule has 0 aromatic rings. The molecular weight excluding hydrogens is 284 g/mol. The number of halogens is 2. The molecule has 0 amide bonds. The van der Waals surface area contributed by atoms with Gasteiger partial charge in [-0.2, -0.15) is 25.7 Å². The first-order valence-corrected chi connectivity index (χ1v) is 4.63. The molecule has 76 valence electrons. The van der Waals surface area contributed by atoms with E-state index in [9.17, 15) is 0 Å². The summed E-state index contributed by atoms with van der Waals surface area (Å²) in [6.07, 6.45) is 16.0. The van der Waals surface area contributed by atoms with Gasteiger partial charge in [-0.1, -0.05) is 25.7 Å². The Morgan fingerprint density at radius 3 is 0.857 bits per heavy atom. The van der Waals surface area contributed by atoms with Gasteiger partial charge in [0.1, 0.15) is 0 Å². The van der Waals surface area contributed by atoms with Gasteiger partial charge in [-0.15, -0.1) is 0 Å². The molecule has 2 aliphatic carbocycles. The monoisotopic (exact) mass is 300 g/mol. The van der Waals surface area contributed by atoms with Gasteiger partial charge in [-0.3, -0.25) is 0 Å². The van der Waals surface area contributed by atoms with Crippen LogP contribution in [0, 0.1) is 12.8 Å². The molecule has 0 aliphatic heterocycles. The second-order valence-corrected chi connectivity index (χ2v) is 3.15. The Balaban J connectivity index is -0.0000000556. The van der Waals surface area contributed by atoms with Crippen LogP contribution in [-0.4, -0.2) is 46.1 Å². The normalized spacial score (nSPS) is 17.1. The minimum atomic E-state index is 0. The van der Waals surface area contributed by atoms with Crippen LogP contribution in [0.5, 0.6) is 0 Å². The third kappa shape index (κ3) is 16.7. The first kappa shape index (κ1) is 25.2. The van der Waals surface area contributed by atoms with Crippen molar-refractivity contribution in [3.8, 4) is 0 Å². The molecule has 2 aliphatic rings. The van der Waals surface area contributed by atoms with Crippen LogP contribution in [0.3, 0.4) is 0 Å². The van der Waals surface area contributed by atoms with Crippen molar-refractivity contribution in [3.63, 3.8) is 0 Å². The molecular formula is C10H18BrClMg2. The molecule has 0 aromatic heterocycles. The summed E-state index contributed by atoms with van der Waals surface area (Å²) in [5, 5.41) is 0. The van der Waals surface area contributed by atoms with Gasteiger partial charge < -0.3 is 42.2 Å². The summed E-state index contributed by atoms with van der Waals surface area (Å²) < 4.78 is 0. The van der Waals surface area contributed by atoms with E-state index in [1.54, 1.807) is 0 Å². The molecule has 0 radical (unpaired) electrons. The molecule has 2 rings (SSSR count). The Morgan fingerprint density at radius 2 is 0.786 bits per heavy atom. The van der Waals surface area contributed by atoms with Gasteiger partial charge in [0.15, 0.2) is 0 Å². The Bertz CT molecular complexity index is 51.3. The molecule has 0 aromatic carbocycles. The molecule has 0 heterocycles. The number of hydrogen-bond acceptors (Lipinski definition) is 0. The summed E-state index contributed by atoms with van der Waals surface area (Å²) in [4.78, 5) is 0.